The average Bonchev–Trinajstić information content (AvgIpc) is 2.46. The average molecular weight is 168 g/mol. The molecule has 2 nitrogen and oxygen atoms in total. The Labute approximate surface area is 75.1 Å². The highest BCUT2D eigenvalue weighted by Crippen LogP contribution is 2.40. The molecule has 0 radical (unpaired) electrons. The highest BCUT2D eigenvalue weighted by atomic mass is 15.2. The maximum absolute atomic E-state index is 5.85. The Morgan fingerprint density at radius 2 is 2.25 bits per heavy atom. The Hall–Kier alpha value is -0.0800. The van der Waals surface area contributed by atoms with E-state index in [1.807, 2.05) is 0 Å². The summed E-state index contributed by atoms with van der Waals surface area (Å²) in [6.45, 7) is 5.84. The summed E-state index contributed by atoms with van der Waals surface area (Å²) in [7, 11) is 0. The first-order chi connectivity index (χ1) is 5.76. The van der Waals surface area contributed by atoms with Gasteiger partial charge in [-0.2, -0.15) is 0 Å². The van der Waals surface area contributed by atoms with E-state index in [0.29, 0.717) is 5.41 Å². The van der Waals surface area contributed by atoms with Crippen LogP contribution in [-0.2, 0) is 0 Å². The zero-order valence-electron chi connectivity index (χ0n) is 8.05. The predicted molar refractivity (Wildman–Crippen MR) is 51.0 cm³/mol. The van der Waals surface area contributed by atoms with E-state index in [2.05, 4.69) is 11.8 Å². The molecule has 2 heteroatoms. The first-order valence-corrected chi connectivity index (χ1v) is 5.20. The fraction of sp³-hybridized carbons (Fsp3) is 1.00. The number of piperidine rings is 1. The van der Waals surface area contributed by atoms with E-state index < -0.39 is 0 Å². The van der Waals surface area contributed by atoms with Crippen molar-refractivity contribution in [3.8, 4) is 0 Å². The van der Waals surface area contributed by atoms with E-state index in [9.17, 15) is 0 Å². The van der Waals surface area contributed by atoms with Gasteiger partial charge in [0.15, 0.2) is 0 Å². The molecule has 0 aromatic carbocycles. The summed E-state index contributed by atoms with van der Waals surface area (Å²) in [5.41, 5.74) is 6.28. The number of fused-ring (bicyclic) bond motifs is 1. The number of nitrogens with two attached hydrogens (primary N) is 1. The number of rotatable bonds is 1. The molecule has 2 aliphatic rings. The van der Waals surface area contributed by atoms with Gasteiger partial charge in [-0.25, -0.2) is 0 Å². The molecule has 0 spiro atoms. The fourth-order valence-electron chi connectivity index (χ4n) is 2.85. The van der Waals surface area contributed by atoms with E-state index in [1.165, 1.54) is 38.8 Å². The van der Waals surface area contributed by atoms with Crippen molar-refractivity contribution in [2.75, 3.05) is 19.6 Å². The highest BCUT2D eigenvalue weighted by molar-refractivity contribution is 4.98. The monoisotopic (exact) mass is 168 g/mol. The molecule has 0 saturated carbocycles. The van der Waals surface area contributed by atoms with Crippen molar-refractivity contribution in [2.24, 2.45) is 11.1 Å². The minimum Gasteiger partial charge on any atom is -0.330 e. The zero-order valence-corrected chi connectivity index (χ0v) is 8.05. The third-order valence-electron chi connectivity index (χ3n) is 3.85. The maximum atomic E-state index is 5.85. The Kier molecular flexibility index (Phi) is 2.13. The summed E-state index contributed by atoms with van der Waals surface area (Å²) in [6.07, 6.45) is 5.51. The summed E-state index contributed by atoms with van der Waals surface area (Å²) in [5, 5.41) is 0. The lowest BCUT2D eigenvalue weighted by molar-refractivity contribution is 0.129. The lowest BCUT2D eigenvalue weighted by Crippen LogP contribution is -2.44. The summed E-state index contributed by atoms with van der Waals surface area (Å²) >= 11 is 0. The molecule has 0 bridgehead atoms. The van der Waals surface area contributed by atoms with Gasteiger partial charge in [0.05, 0.1) is 0 Å². The van der Waals surface area contributed by atoms with Crippen LogP contribution in [0.15, 0.2) is 0 Å². The number of nitrogens with zero attached hydrogens (tertiary/aromatic N) is 1. The van der Waals surface area contributed by atoms with Crippen LogP contribution in [0.5, 0.6) is 0 Å². The van der Waals surface area contributed by atoms with E-state index >= 15 is 0 Å². The molecular formula is C10H20N2. The Morgan fingerprint density at radius 1 is 1.42 bits per heavy atom. The highest BCUT2D eigenvalue weighted by Gasteiger charge is 2.43. The second kappa shape index (κ2) is 3.00. The Balaban J connectivity index is 2.10. The third-order valence-corrected chi connectivity index (χ3v) is 3.85. The van der Waals surface area contributed by atoms with Crippen molar-refractivity contribution in [3.63, 3.8) is 0 Å². The number of hydrogen-bond donors (Lipinski definition) is 1. The van der Waals surface area contributed by atoms with Crippen LogP contribution >= 0.6 is 0 Å². The van der Waals surface area contributed by atoms with Gasteiger partial charge in [-0.15, -0.1) is 0 Å². The van der Waals surface area contributed by atoms with E-state index in [1.54, 1.807) is 0 Å². The van der Waals surface area contributed by atoms with Gasteiger partial charge in [-0.05, 0) is 44.3 Å². The summed E-state index contributed by atoms with van der Waals surface area (Å²) in [5.74, 6) is 0. The molecule has 2 aliphatic heterocycles. The molecule has 12 heavy (non-hydrogen) atoms. The molecule has 0 unspecified atom stereocenters. The van der Waals surface area contributed by atoms with Crippen molar-refractivity contribution in [3.05, 3.63) is 0 Å². The first kappa shape index (κ1) is 8.52. The van der Waals surface area contributed by atoms with Crippen molar-refractivity contribution >= 4 is 0 Å². The van der Waals surface area contributed by atoms with Gasteiger partial charge in [-0.1, -0.05) is 13.3 Å². The number of hydrogen-bond acceptors (Lipinski definition) is 2. The molecule has 2 atom stereocenters. The fourth-order valence-corrected chi connectivity index (χ4v) is 2.85. The van der Waals surface area contributed by atoms with Crippen molar-refractivity contribution in [2.45, 2.75) is 38.6 Å². The van der Waals surface area contributed by atoms with Crippen molar-refractivity contribution in [1.29, 1.82) is 0 Å². The normalized spacial score (nSPS) is 43.0. The Bertz CT molecular complexity index is 169. The van der Waals surface area contributed by atoms with Gasteiger partial charge in [0, 0.05) is 6.04 Å². The van der Waals surface area contributed by atoms with Crippen LogP contribution in [0.25, 0.3) is 0 Å². The lowest BCUT2D eigenvalue weighted by atomic mass is 9.79. The quantitative estimate of drug-likeness (QED) is 0.637. The Morgan fingerprint density at radius 3 is 3.00 bits per heavy atom. The topological polar surface area (TPSA) is 29.3 Å². The molecule has 2 fully saturated rings. The molecule has 2 heterocycles. The summed E-state index contributed by atoms with van der Waals surface area (Å²) in [4.78, 5) is 2.65. The molecule has 2 saturated heterocycles. The van der Waals surface area contributed by atoms with E-state index in [-0.39, 0.29) is 0 Å². The standard InChI is InChI=1S/C10H20N2/c1-10(8-11)5-7-12-6-3-2-4-9(10)12/h9H,2-8,11H2,1H3/t9-,10+/m0/s1. The third kappa shape index (κ3) is 1.17. The van der Waals surface area contributed by atoms with Crippen molar-refractivity contribution < 1.29 is 0 Å². The second-order valence-electron chi connectivity index (χ2n) is 4.66. The molecule has 0 aliphatic carbocycles. The van der Waals surface area contributed by atoms with Crippen LogP contribution in [0.4, 0.5) is 0 Å². The predicted octanol–water partition coefficient (Wildman–Crippen LogP) is 1.21. The van der Waals surface area contributed by atoms with Crippen LogP contribution in [-0.4, -0.2) is 30.6 Å². The molecule has 2 rings (SSSR count). The molecule has 0 aromatic heterocycles. The first-order valence-electron chi connectivity index (χ1n) is 5.20. The largest absolute Gasteiger partial charge is 0.330 e. The van der Waals surface area contributed by atoms with Crippen LogP contribution in [0.2, 0.25) is 0 Å². The van der Waals surface area contributed by atoms with Gasteiger partial charge in [0.2, 0.25) is 0 Å². The van der Waals surface area contributed by atoms with Crippen LogP contribution in [0, 0.1) is 5.41 Å². The van der Waals surface area contributed by atoms with Crippen molar-refractivity contribution in [1.82, 2.24) is 4.90 Å². The van der Waals surface area contributed by atoms with Gasteiger partial charge >= 0.3 is 0 Å². The van der Waals surface area contributed by atoms with Crippen LogP contribution in [0.1, 0.15) is 32.6 Å². The maximum Gasteiger partial charge on any atom is 0.0162 e. The second-order valence-corrected chi connectivity index (χ2v) is 4.66. The summed E-state index contributed by atoms with van der Waals surface area (Å²) < 4.78 is 0. The van der Waals surface area contributed by atoms with Gasteiger partial charge in [0.25, 0.3) is 0 Å². The van der Waals surface area contributed by atoms with Gasteiger partial charge < -0.3 is 5.73 Å². The molecule has 70 valence electrons. The van der Waals surface area contributed by atoms with Crippen LogP contribution < -0.4 is 5.73 Å². The lowest BCUT2D eigenvalue weighted by Gasteiger charge is -2.37. The van der Waals surface area contributed by atoms with E-state index in [0.717, 1.165) is 12.6 Å². The van der Waals surface area contributed by atoms with Crippen LogP contribution in [0.3, 0.4) is 0 Å². The van der Waals surface area contributed by atoms with Gasteiger partial charge in [0.1, 0.15) is 0 Å². The molecule has 0 amide bonds. The SMILES string of the molecule is C[C@]1(CN)CCN2CCCC[C@H]21. The minimum atomic E-state index is 0.431. The van der Waals surface area contributed by atoms with E-state index in [4.69, 9.17) is 5.73 Å². The molecule has 0 aromatic rings. The molecular weight excluding hydrogens is 148 g/mol. The minimum absolute atomic E-state index is 0.431. The zero-order chi connectivity index (χ0) is 8.60. The molecule has 2 N–H and O–H groups in total. The van der Waals surface area contributed by atoms with Gasteiger partial charge in [-0.3, -0.25) is 4.90 Å². The summed E-state index contributed by atoms with van der Waals surface area (Å²) in [6, 6.07) is 0.802. The smallest absolute Gasteiger partial charge is 0.0162 e.